The third-order valence-corrected chi connectivity index (χ3v) is 8.16. The Bertz CT molecular complexity index is 374. The van der Waals surface area contributed by atoms with Crippen molar-refractivity contribution in [3.8, 4) is 0 Å². The lowest BCUT2D eigenvalue weighted by molar-refractivity contribution is 0.0860. The monoisotopic (exact) mass is 556 g/mol. The van der Waals surface area contributed by atoms with Crippen LogP contribution >= 0.6 is 0 Å². The van der Waals surface area contributed by atoms with Crippen molar-refractivity contribution < 1.29 is 10.2 Å². The van der Waals surface area contributed by atoms with Crippen molar-refractivity contribution >= 4 is 0 Å². The first-order valence-corrected chi connectivity index (χ1v) is 18.2. The van der Waals surface area contributed by atoms with E-state index in [1.807, 2.05) is 0 Å². The van der Waals surface area contributed by atoms with Gasteiger partial charge >= 0.3 is 0 Å². The van der Waals surface area contributed by atoms with Gasteiger partial charge in [-0.05, 0) is 19.4 Å². The molecule has 0 aliphatic carbocycles. The van der Waals surface area contributed by atoms with Gasteiger partial charge in [-0.2, -0.15) is 0 Å². The minimum atomic E-state index is -0.493. The third-order valence-electron chi connectivity index (χ3n) is 8.16. The number of nitrogens with two attached hydrogens (primary N) is 1. The van der Waals surface area contributed by atoms with Crippen LogP contribution in [-0.4, -0.2) is 29.5 Å². The second-order valence-electron chi connectivity index (χ2n) is 12.3. The van der Waals surface area contributed by atoms with Crippen LogP contribution in [0.15, 0.2) is 0 Å². The predicted octanol–water partition coefficient (Wildman–Crippen LogP) is 11.4. The van der Waals surface area contributed by atoms with Gasteiger partial charge in [0.25, 0.3) is 0 Å². The molecule has 0 heterocycles. The van der Waals surface area contributed by atoms with E-state index in [4.69, 9.17) is 10.8 Å². The van der Waals surface area contributed by atoms with Crippen LogP contribution in [0.25, 0.3) is 0 Å². The molecule has 0 aliphatic heterocycles. The van der Waals surface area contributed by atoms with Crippen LogP contribution in [0, 0.1) is 0 Å². The van der Waals surface area contributed by atoms with Crippen molar-refractivity contribution in [2.24, 2.45) is 5.73 Å². The quantitative estimate of drug-likeness (QED) is 0.0723. The normalized spacial score (nSPS) is 11.9. The molecule has 0 saturated heterocycles. The molecule has 0 aromatic carbocycles. The molecule has 238 valence electrons. The van der Waals surface area contributed by atoms with Gasteiger partial charge in [0.15, 0.2) is 0 Å². The SMILES string of the molecule is CCCCCCCCCCCCCCCCC(O)CO.CCCCCCCCCCCCCCCCCCN. The molecular formula is C36H77NO2. The number of aliphatic hydroxyl groups is 2. The van der Waals surface area contributed by atoms with Crippen molar-refractivity contribution in [2.75, 3.05) is 13.2 Å². The second kappa shape index (κ2) is 40.0. The first-order valence-electron chi connectivity index (χ1n) is 18.2. The van der Waals surface area contributed by atoms with Gasteiger partial charge in [0, 0.05) is 0 Å². The first-order chi connectivity index (χ1) is 19.2. The Hall–Kier alpha value is -0.120. The van der Waals surface area contributed by atoms with E-state index in [1.165, 1.54) is 186 Å². The van der Waals surface area contributed by atoms with Crippen molar-refractivity contribution in [1.82, 2.24) is 0 Å². The Morgan fingerprint density at radius 1 is 0.385 bits per heavy atom. The number of unbranched alkanes of at least 4 members (excludes halogenated alkanes) is 28. The molecule has 4 N–H and O–H groups in total. The maximum absolute atomic E-state index is 9.20. The molecule has 0 aromatic rings. The van der Waals surface area contributed by atoms with Crippen LogP contribution in [0.5, 0.6) is 0 Å². The first kappa shape index (κ1) is 41.0. The van der Waals surface area contributed by atoms with Gasteiger partial charge < -0.3 is 15.9 Å². The van der Waals surface area contributed by atoms with E-state index in [2.05, 4.69) is 13.8 Å². The Labute approximate surface area is 247 Å². The van der Waals surface area contributed by atoms with Gasteiger partial charge in [-0.25, -0.2) is 0 Å². The molecule has 3 nitrogen and oxygen atoms in total. The molecule has 0 aliphatic rings. The fraction of sp³-hybridized carbons (Fsp3) is 1.00. The molecule has 0 amide bonds. The topological polar surface area (TPSA) is 66.5 Å². The van der Waals surface area contributed by atoms with E-state index in [9.17, 15) is 5.11 Å². The number of rotatable bonds is 32. The highest BCUT2D eigenvalue weighted by Crippen LogP contribution is 2.15. The zero-order valence-electron chi connectivity index (χ0n) is 27.4. The Kier molecular flexibility index (Phi) is 42.1. The van der Waals surface area contributed by atoms with Gasteiger partial charge in [-0.1, -0.05) is 200 Å². The molecule has 3 heteroatoms. The van der Waals surface area contributed by atoms with Crippen LogP contribution in [0.3, 0.4) is 0 Å². The lowest BCUT2D eigenvalue weighted by atomic mass is 10.0. The van der Waals surface area contributed by atoms with Crippen LogP contribution < -0.4 is 5.73 Å². The molecule has 0 spiro atoms. The fourth-order valence-electron chi connectivity index (χ4n) is 5.36. The van der Waals surface area contributed by atoms with Gasteiger partial charge in [-0.15, -0.1) is 0 Å². The van der Waals surface area contributed by atoms with E-state index >= 15 is 0 Å². The highest BCUT2D eigenvalue weighted by atomic mass is 16.3. The van der Waals surface area contributed by atoms with E-state index in [0.717, 1.165) is 19.4 Å². The second-order valence-corrected chi connectivity index (χ2v) is 12.3. The minimum Gasteiger partial charge on any atom is -0.394 e. The molecule has 0 fully saturated rings. The number of hydrogen-bond donors (Lipinski definition) is 3. The summed E-state index contributed by atoms with van der Waals surface area (Å²) in [6.07, 6.45) is 42.1. The number of aliphatic hydroxyl groups excluding tert-OH is 2. The lowest BCUT2D eigenvalue weighted by Gasteiger charge is -2.06. The van der Waals surface area contributed by atoms with Crippen LogP contribution in [0.4, 0.5) is 0 Å². The van der Waals surface area contributed by atoms with Crippen molar-refractivity contribution in [1.29, 1.82) is 0 Å². The summed E-state index contributed by atoms with van der Waals surface area (Å²) in [6, 6.07) is 0. The minimum absolute atomic E-state index is 0.0849. The molecule has 0 aromatic heterocycles. The number of hydrogen-bond acceptors (Lipinski definition) is 3. The molecule has 39 heavy (non-hydrogen) atoms. The van der Waals surface area contributed by atoms with Crippen LogP contribution in [0.1, 0.15) is 213 Å². The Balaban J connectivity index is 0. The molecule has 1 unspecified atom stereocenters. The Morgan fingerprint density at radius 2 is 0.615 bits per heavy atom. The van der Waals surface area contributed by atoms with Crippen molar-refractivity contribution in [3.63, 3.8) is 0 Å². The van der Waals surface area contributed by atoms with E-state index < -0.39 is 6.10 Å². The van der Waals surface area contributed by atoms with Gasteiger partial charge in [0.2, 0.25) is 0 Å². The lowest BCUT2D eigenvalue weighted by Crippen LogP contribution is -2.10. The predicted molar refractivity (Wildman–Crippen MR) is 177 cm³/mol. The van der Waals surface area contributed by atoms with E-state index in [-0.39, 0.29) is 6.61 Å². The summed E-state index contributed by atoms with van der Waals surface area (Å²) in [5.41, 5.74) is 5.48. The van der Waals surface area contributed by atoms with E-state index in [1.54, 1.807) is 0 Å². The standard InChI is InChI=1S/C18H39N.C18H38O2/c1-2-3-4-5-6-7-8-9-10-11-12-13-14-15-16-17-18-19;1-2-3-4-5-6-7-8-9-10-11-12-13-14-15-16-18(20)17-19/h2-19H2,1H3;18-20H,2-17H2,1H3. The smallest absolute Gasteiger partial charge is 0.0770 e. The van der Waals surface area contributed by atoms with Gasteiger partial charge in [0.05, 0.1) is 12.7 Å². The average molecular weight is 556 g/mol. The third kappa shape index (κ3) is 42.5. The fourth-order valence-corrected chi connectivity index (χ4v) is 5.36. The summed E-state index contributed by atoms with van der Waals surface area (Å²) in [5, 5.41) is 17.9. The molecule has 0 saturated carbocycles. The average Bonchev–Trinajstić information content (AvgIpc) is 2.95. The summed E-state index contributed by atoms with van der Waals surface area (Å²) < 4.78 is 0. The summed E-state index contributed by atoms with van der Waals surface area (Å²) in [7, 11) is 0. The largest absolute Gasteiger partial charge is 0.394 e. The summed E-state index contributed by atoms with van der Waals surface area (Å²) in [4.78, 5) is 0. The van der Waals surface area contributed by atoms with Crippen molar-refractivity contribution in [2.45, 2.75) is 219 Å². The zero-order chi connectivity index (χ0) is 28.9. The molecular weight excluding hydrogens is 478 g/mol. The summed E-state index contributed by atoms with van der Waals surface area (Å²) in [6.45, 7) is 5.35. The highest BCUT2D eigenvalue weighted by molar-refractivity contribution is 4.54. The van der Waals surface area contributed by atoms with Crippen molar-refractivity contribution in [3.05, 3.63) is 0 Å². The maximum Gasteiger partial charge on any atom is 0.0770 e. The summed E-state index contributed by atoms with van der Waals surface area (Å²) >= 11 is 0. The molecule has 0 rings (SSSR count). The Morgan fingerprint density at radius 3 is 0.846 bits per heavy atom. The molecule has 0 bridgehead atoms. The molecule has 1 atom stereocenters. The zero-order valence-corrected chi connectivity index (χ0v) is 27.4. The van der Waals surface area contributed by atoms with E-state index in [0.29, 0.717) is 0 Å². The summed E-state index contributed by atoms with van der Waals surface area (Å²) in [5.74, 6) is 0. The maximum atomic E-state index is 9.20. The van der Waals surface area contributed by atoms with Crippen LogP contribution in [0.2, 0.25) is 0 Å². The highest BCUT2D eigenvalue weighted by Gasteiger charge is 2.00. The van der Waals surface area contributed by atoms with Gasteiger partial charge in [-0.3, -0.25) is 0 Å². The van der Waals surface area contributed by atoms with Gasteiger partial charge in [0.1, 0.15) is 0 Å². The molecule has 0 radical (unpaired) electrons. The van der Waals surface area contributed by atoms with Crippen LogP contribution in [-0.2, 0) is 0 Å².